The molecule has 4 heterocycles. The zero-order valence-corrected chi connectivity index (χ0v) is 23.6. The number of carboxylic acids is 1. The number of aryl methyl sites for hydroxylation is 1. The van der Waals surface area contributed by atoms with Crippen LogP contribution in [0.5, 0.6) is 0 Å². The van der Waals surface area contributed by atoms with Crippen molar-refractivity contribution in [1.29, 1.82) is 0 Å². The fourth-order valence-electron chi connectivity index (χ4n) is 4.64. The van der Waals surface area contributed by atoms with E-state index in [0.29, 0.717) is 54.8 Å². The third-order valence-electron chi connectivity index (χ3n) is 6.40. The summed E-state index contributed by atoms with van der Waals surface area (Å²) >= 11 is 1.02. The van der Waals surface area contributed by atoms with Gasteiger partial charge in [-0.2, -0.15) is 9.97 Å². The molecule has 0 saturated carbocycles. The zero-order valence-electron chi connectivity index (χ0n) is 22.8. The van der Waals surface area contributed by atoms with Crippen LogP contribution in [-0.2, 0) is 22.5 Å². The van der Waals surface area contributed by atoms with Gasteiger partial charge in [0.2, 0.25) is 11.9 Å². The Balaban J connectivity index is 1.43. The maximum atomic E-state index is 12.4. The molecule has 1 fully saturated rings. The summed E-state index contributed by atoms with van der Waals surface area (Å²) in [4.78, 5) is 54.2. The van der Waals surface area contributed by atoms with E-state index in [4.69, 9.17) is 14.7 Å². The van der Waals surface area contributed by atoms with Crippen LogP contribution in [0.1, 0.15) is 57.6 Å². The highest BCUT2D eigenvalue weighted by Crippen LogP contribution is 2.36. The lowest BCUT2D eigenvalue weighted by molar-refractivity contribution is -0.120. The topological polar surface area (TPSA) is 150 Å². The first-order chi connectivity index (χ1) is 19.0. The van der Waals surface area contributed by atoms with Crippen LogP contribution in [-0.4, -0.2) is 69.7 Å². The number of hydrogen-bond acceptors (Lipinski definition) is 11. The number of carbonyl (C=O) groups excluding carboxylic acids is 2. The summed E-state index contributed by atoms with van der Waals surface area (Å²) in [7, 11) is 0. The minimum absolute atomic E-state index is 0.0744. The summed E-state index contributed by atoms with van der Waals surface area (Å²) in [5.41, 5.74) is 2.27. The lowest BCUT2D eigenvalue weighted by Crippen LogP contribution is -2.48. The normalized spacial score (nSPS) is 15.1. The molecule has 2 aromatic heterocycles. The van der Waals surface area contributed by atoms with Crippen molar-refractivity contribution in [1.82, 2.24) is 20.3 Å². The number of benzene rings is 1. The fourth-order valence-corrected chi connectivity index (χ4v) is 5.44. The lowest BCUT2D eigenvalue weighted by atomic mass is 10.1. The first kappa shape index (κ1) is 27.3. The predicted molar refractivity (Wildman–Crippen MR) is 151 cm³/mol. The Labute approximate surface area is 235 Å². The van der Waals surface area contributed by atoms with Crippen LogP contribution in [0.3, 0.4) is 0 Å². The van der Waals surface area contributed by atoms with E-state index in [-0.39, 0.29) is 29.2 Å². The molecule has 0 radical (unpaired) electrons. The number of carboxylic acid groups (broad SMARTS) is 1. The Kier molecular flexibility index (Phi) is 7.32. The average molecular weight is 566 g/mol. The lowest BCUT2D eigenvalue weighted by Gasteiger charge is -2.29. The number of thiazole rings is 1. The average Bonchev–Trinajstić information content (AvgIpc) is 3.46. The molecule has 3 aromatic rings. The molecule has 0 spiro atoms. The van der Waals surface area contributed by atoms with Crippen molar-refractivity contribution in [3.05, 3.63) is 51.5 Å². The number of anilines is 4. The quantitative estimate of drug-likeness (QED) is 0.363. The molecule has 1 saturated heterocycles. The highest BCUT2D eigenvalue weighted by molar-refractivity contribution is 7.17. The van der Waals surface area contributed by atoms with Crippen molar-refractivity contribution >= 4 is 51.9 Å². The zero-order chi connectivity index (χ0) is 28.6. The van der Waals surface area contributed by atoms with Gasteiger partial charge in [-0.15, -0.1) is 0 Å². The van der Waals surface area contributed by atoms with Gasteiger partial charge in [-0.05, 0) is 51.8 Å². The largest absolute Gasteiger partial charge is 0.477 e. The smallest absolute Gasteiger partial charge is 0.347 e. The van der Waals surface area contributed by atoms with Gasteiger partial charge in [-0.25, -0.2) is 14.6 Å². The van der Waals surface area contributed by atoms with E-state index < -0.39 is 11.6 Å². The monoisotopic (exact) mass is 565 g/mol. The molecule has 13 heteroatoms. The minimum Gasteiger partial charge on any atom is -0.477 e. The molecular formula is C27H31N7O5S. The van der Waals surface area contributed by atoms with Gasteiger partial charge in [-0.1, -0.05) is 23.5 Å². The number of hydrogen-bond donors (Lipinski definition) is 3. The number of aromatic nitrogens is 3. The highest BCUT2D eigenvalue weighted by atomic mass is 32.1. The Hall–Kier alpha value is -4.26. The van der Waals surface area contributed by atoms with Crippen LogP contribution in [0.2, 0.25) is 0 Å². The Morgan fingerprint density at radius 3 is 2.50 bits per heavy atom. The molecule has 3 N–H and O–H groups in total. The number of esters is 1. The van der Waals surface area contributed by atoms with E-state index in [1.54, 1.807) is 19.1 Å². The first-order valence-electron chi connectivity index (χ1n) is 12.9. The summed E-state index contributed by atoms with van der Waals surface area (Å²) in [6.45, 7) is 9.71. The van der Waals surface area contributed by atoms with Crippen molar-refractivity contribution in [2.24, 2.45) is 0 Å². The van der Waals surface area contributed by atoms with E-state index >= 15 is 0 Å². The van der Waals surface area contributed by atoms with Crippen molar-refractivity contribution in [3.63, 3.8) is 0 Å². The van der Waals surface area contributed by atoms with E-state index in [2.05, 4.69) is 20.5 Å². The van der Waals surface area contributed by atoms with Crippen molar-refractivity contribution in [3.8, 4) is 0 Å². The van der Waals surface area contributed by atoms with Crippen LogP contribution < -0.4 is 20.4 Å². The predicted octanol–water partition coefficient (Wildman–Crippen LogP) is 3.14. The van der Waals surface area contributed by atoms with Gasteiger partial charge < -0.3 is 25.0 Å². The van der Waals surface area contributed by atoms with Crippen LogP contribution in [0.25, 0.3) is 0 Å². The van der Waals surface area contributed by atoms with Crippen molar-refractivity contribution in [2.45, 2.75) is 46.3 Å². The fraction of sp³-hybridized carbons (Fsp3) is 0.407. The molecule has 2 aliphatic heterocycles. The second kappa shape index (κ2) is 10.7. The van der Waals surface area contributed by atoms with Gasteiger partial charge in [0.1, 0.15) is 22.1 Å². The van der Waals surface area contributed by atoms with E-state index in [0.717, 1.165) is 28.3 Å². The van der Waals surface area contributed by atoms with Crippen molar-refractivity contribution in [2.75, 3.05) is 41.3 Å². The molecule has 5 rings (SSSR count). The number of amides is 1. The second-order valence-electron chi connectivity index (χ2n) is 10.7. The van der Waals surface area contributed by atoms with E-state index in [1.165, 1.54) is 0 Å². The van der Waals surface area contributed by atoms with Gasteiger partial charge in [0, 0.05) is 31.7 Å². The van der Waals surface area contributed by atoms with Crippen LogP contribution in [0.4, 0.5) is 22.7 Å². The Morgan fingerprint density at radius 2 is 1.85 bits per heavy atom. The number of nitrogens with one attached hydrogen (secondary N) is 2. The van der Waals surface area contributed by atoms with Crippen LogP contribution in [0.15, 0.2) is 24.3 Å². The molecule has 1 aromatic carbocycles. The van der Waals surface area contributed by atoms with Crippen LogP contribution >= 0.6 is 11.3 Å². The number of aromatic carboxylic acids is 1. The molecule has 0 atom stereocenters. The molecule has 0 unspecified atom stereocenters. The third-order valence-corrected chi connectivity index (χ3v) is 7.46. The van der Waals surface area contributed by atoms with Crippen molar-refractivity contribution < 1.29 is 24.2 Å². The van der Waals surface area contributed by atoms with Gasteiger partial charge in [0.15, 0.2) is 5.13 Å². The summed E-state index contributed by atoms with van der Waals surface area (Å²) in [6, 6.07) is 7.32. The molecule has 1 amide bonds. The maximum Gasteiger partial charge on any atom is 0.347 e. The SMILES string of the molecule is Cc1nc(Nc2nc(N3CCNC(=O)C3)c3c(n2)N(Cc2ccc(C(=O)OC(C)(C)C)cc2)CC3)sc1C(=O)O. The number of piperazine rings is 1. The molecule has 12 nitrogen and oxygen atoms in total. The molecule has 0 bridgehead atoms. The van der Waals surface area contributed by atoms with Gasteiger partial charge >= 0.3 is 11.9 Å². The Bertz CT molecular complexity index is 1470. The highest BCUT2D eigenvalue weighted by Gasteiger charge is 2.30. The summed E-state index contributed by atoms with van der Waals surface area (Å²) in [5.74, 6) is 0.208. The van der Waals surface area contributed by atoms with Gasteiger partial charge in [-0.3, -0.25) is 10.1 Å². The summed E-state index contributed by atoms with van der Waals surface area (Å²) < 4.78 is 5.46. The van der Waals surface area contributed by atoms with E-state index in [9.17, 15) is 19.5 Å². The number of nitrogens with zero attached hydrogens (tertiary/aromatic N) is 5. The molecular weight excluding hydrogens is 534 g/mol. The van der Waals surface area contributed by atoms with Crippen LogP contribution in [0, 0.1) is 6.92 Å². The number of ether oxygens (including phenoxy) is 1. The Morgan fingerprint density at radius 1 is 1.12 bits per heavy atom. The summed E-state index contributed by atoms with van der Waals surface area (Å²) in [6.07, 6.45) is 0.707. The molecule has 210 valence electrons. The second-order valence-corrected chi connectivity index (χ2v) is 11.7. The number of rotatable bonds is 7. The van der Waals surface area contributed by atoms with E-state index in [1.807, 2.05) is 37.8 Å². The van der Waals surface area contributed by atoms with Gasteiger partial charge in [0.25, 0.3) is 0 Å². The molecule has 0 aliphatic carbocycles. The minimum atomic E-state index is -1.04. The third kappa shape index (κ3) is 5.98. The summed E-state index contributed by atoms with van der Waals surface area (Å²) in [5, 5.41) is 15.7. The number of fused-ring (bicyclic) bond motifs is 1. The molecule has 2 aliphatic rings. The molecule has 40 heavy (non-hydrogen) atoms. The maximum absolute atomic E-state index is 12.4. The standard InChI is InChI=1S/C27H31N7O5S/c1-15-20(23(36)37)40-26(29-15)32-25-30-21-18(22(31-25)34-12-10-28-19(35)14-34)9-11-33(21)13-16-5-7-17(8-6-16)24(38)39-27(2,3)4/h5-8H,9-14H2,1-4H3,(H,28,35)(H,36,37)(H,29,30,31,32). The van der Waals surface area contributed by atoms with Gasteiger partial charge in [0.05, 0.1) is 17.8 Å². The first-order valence-corrected chi connectivity index (χ1v) is 13.8. The number of carbonyl (C=O) groups is 3.